The van der Waals surface area contributed by atoms with Crippen LogP contribution >= 0.6 is 11.6 Å². The van der Waals surface area contributed by atoms with E-state index in [2.05, 4.69) is 19.2 Å². The molecule has 2 nitrogen and oxygen atoms in total. The largest absolute Gasteiger partial charge is 0.325 e. The molecule has 0 heterocycles. The van der Waals surface area contributed by atoms with Gasteiger partial charge in [0, 0.05) is 5.69 Å². The van der Waals surface area contributed by atoms with E-state index in [0.29, 0.717) is 5.92 Å². The molecule has 0 aromatic heterocycles. The zero-order chi connectivity index (χ0) is 11.3. The predicted molar refractivity (Wildman–Crippen MR) is 64.3 cm³/mol. The Balaban J connectivity index is 2.60. The maximum absolute atomic E-state index is 11.0. The van der Waals surface area contributed by atoms with Gasteiger partial charge in [-0.05, 0) is 30.0 Å². The molecule has 0 unspecified atom stereocenters. The lowest BCUT2D eigenvalue weighted by Gasteiger charge is -2.06. The van der Waals surface area contributed by atoms with Crippen LogP contribution in [-0.2, 0) is 11.2 Å². The molecule has 0 saturated heterocycles. The molecule has 0 aliphatic heterocycles. The molecule has 1 amide bonds. The van der Waals surface area contributed by atoms with E-state index < -0.39 is 0 Å². The molecule has 0 spiro atoms. The van der Waals surface area contributed by atoms with Crippen molar-refractivity contribution in [3.8, 4) is 0 Å². The van der Waals surface area contributed by atoms with Crippen molar-refractivity contribution in [2.75, 3.05) is 11.2 Å². The number of benzene rings is 1. The molecule has 0 radical (unpaired) electrons. The molecule has 1 aromatic carbocycles. The van der Waals surface area contributed by atoms with Crippen molar-refractivity contribution < 1.29 is 4.79 Å². The summed E-state index contributed by atoms with van der Waals surface area (Å²) in [4.78, 5) is 11.0. The molecule has 1 rings (SSSR count). The van der Waals surface area contributed by atoms with Gasteiger partial charge in [-0.3, -0.25) is 4.79 Å². The van der Waals surface area contributed by atoms with E-state index in [4.69, 9.17) is 11.6 Å². The van der Waals surface area contributed by atoms with Gasteiger partial charge in [-0.1, -0.05) is 26.0 Å². The van der Waals surface area contributed by atoms with Crippen LogP contribution in [0.1, 0.15) is 19.4 Å². The Kier molecular flexibility index (Phi) is 4.63. The minimum Gasteiger partial charge on any atom is -0.325 e. The van der Waals surface area contributed by atoms with Crippen LogP contribution in [0, 0.1) is 5.92 Å². The fourth-order valence-corrected chi connectivity index (χ4v) is 1.46. The van der Waals surface area contributed by atoms with Crippen molar-refractivity contribution >= 4 is 23.2 Å². The molecule has 3 heteroatoms. The van der Waals surface area contributed by atoms with Crippen LogP contribution in [0.4, 0.5) is 5.69 Å². The van der Waals surface area contributed by atoms with Gasteiger partial charge in [-0.15, -0.1) is 11.6 Å². The molecule has 1 N–H and O–H groups in total. The van der Waals surface area contributed by atoms with E-state index in [0.717, 1.165) is 12.1 Å². The van der Waals surface area contributed by atoms with Crippen molar-refractivity contribution in [1.82, 2.24) is 0 Å². The number of halogens is 1. The van der Waals surface area contributed by atoms with Crippen molar-refractivity contribution in [2.24, 2.45) is 5.92 Å². The third-order valence-electron chi connectivity index (χ3n) is 2.00. The minimum absolute atomic E-state index is 0.00620. The predicted octanol–water partition coefficient (Wildman–Crippen LogP) is 3.06. The molecule has 0 aliphatic carbocycles. The summed E-state index contributed by atoms with van der Waals surface area (Å²) in [6.07, 6.45) is 1.06. The van der Waals surface area contributed by atoms with Crippen molar-refractivity contribution in [1.29, 1.82) is 0 Å². The van der Waals surface area contributed by atoms with E-state index >= 15 is 0 Å². The van der Waals surface area contributed by atoms with Gasteiger partial charge < -0.3 is 5.32 Å². The number of carbonyl (C=O) groups is 1. The number of nitrogens with one attached hydrogen (secondary N) is 1. The highest BCUT2D eigenvalue weighted by molar-refractivity contribution is 6.29. The van der Waals surface area contributed by atoms with Crippen LogP contribution in [0.5, 0.6) is 0 Å². The van der Waals surface area contributed by atoms with Crippen LogP contribution in [-0.4, -0.2) is 11.8 Å². The summed E-state index contributed by atoms with van der Waals surface area (Å²) in [5.74, 6) is 0.467. The number of hydrogen-bond acceptors (Lipinski definition) is 1. The molecule has 0 bridgehead atoms. The lowest BCUT2D eigenvalue weighted by atomic mass is 10.0. The quantitative estimate of drug-likeness (QED) is 0.784. The SMILES string of the molecule is CC(C)Cc1ccc(NC(=O)CCl)cc1. The van der Waals surface area contributed by atoms with Gasteiger partial charge in [0.1, 0.15) is 5.88 Å². The number of amides is 1. The average Bonchev–Trinajstić information content (AvgIpc) is 2.20. The summed E-state index contributed by atoms with van der Waals surface area (Å²) >= 11 is 5.39. The highest BCUT2D eigenvalue weighted by Gasteiger charge is 2.01. The smallest absolute Gasteiger partial charge is 0.239 e. The topological polar surface area (TPSA) is 29.1 Å². The van der Waals surface area contributed by atoms with E-state index in [9.17, 15) is 4.79 Å². The molecule has 0 atom stereocenters. The van der Waals surface area contributed by atoms with Gasteiger partial charge in [0.05, 0.1) is 0 Å². The summed E-state index contributed by atoms with van der Waals surface area (Å²) in [7, 11) is 0. The van der Waals surface area contributed by atoms with E-state index in [1.165, 1.54) is 5.56 Å². The highest BCUT2D eigenvalue weighted by Crippen LogP contribution is 2.12. The lowest BCUT2D eigenvalue weighted by Crippen LogP contribution is -2.12. The van der Waals surface area contributed by atoms with Gasteiger partial charge in [0.15, 0.2) is 0 Å². The second-order valence-corrected chi connectivity index (χ2v) is 4.24. The zero-order valence-corrected chi connectivity index (χ0v) is 9.84. The van der Waals surface area contributed by atoms with Crippen LogP contribution < -0.4 is 5.32 Å². The average molecular weight is 226 g/mol. The van der Waals surface area contributed by atoms with Gasteiger partial charge in [0.25, 0.3) is 0 Å². The molecule has 1 aromatic rings. The van der Waals surface area contributed by atoms with E-state index in [1.54, 1.807) is 0 Å². The Hall–Kier alpha value is -1.02. The summed E-state index contributed by atoms with van der Waals surface area (Å²) in [6, 6.07) is 7.87. The maximum Gasteiger partial charge on any atom is 0.239 e. The Morgan fingerprint density at radius 1 is 1.33 bits per heavy atom. The van der Waals surface area contributed by atoms with Crippen molar-refractivity contribution in [3.05, 3.63) is 29.8 Å². The molecule has 0 aliphatic rings. The van der Waals surface area contributed by atoms with Gasteiger partial charge >= 0.3 is 0 Å². The lowest BCUT2D eigenvalue weighted by molar-refractivity contribution is -0.113. The van der Waals surface area contributed by atoms with Crippen LogP contribution in [0.15, 0.2) is 24.3 Å². The van der Waals surface area contributed by atoms with Crippen molar-refractivity contribution in [3.63, 3.8) is 0 Å². The van der Waals surface area contributed by atoms with Crippen molar-refractivity contribution in [2.45, 2.75) is 20.3 Å². The highest BCUT2D eigenvalue weighted by atomic mass is 35.5. The third kappa shape index (κ3) is 4.34. The molecule has 0 saturated carbocycles. The van der Waals surface area contributed by atoms with Gasteiger partial charge in [-0.25, -0.2) is 0 Å². The fourth-order valence-electron chi connectivity index (χ4n) is 1.39. The second-order valence-electron chi connectivity index (χ2n) is 3.98. The summed E-state index contributed by atoms with van der Waals surface area (Å²) in [5, 5.41) is 2.70. The Morgan fingerprint density at radius 2 is 1.93 bits per heavy atom. The van der Waals surface area contributed by atoms with Crippen LogP contribution in [0.2, 0.25) is 0 Å². The first kappa shape index (κ1) is 12.1. The summed E-state index contributed by atoms with van der Waals surface area (Å²) in [5.41, 5.74) is 2.09. The fraction of sp³-hybridized carbons (Fsp3) is 0.417. The Labute approximate surface area is 95.6 Å². The molecule has 82 valence electrons. The molecular weight excluding hydrogens is 210 g/mol. The van der Waals surface area contributed by atoms with Gasteiger partial charge in [-0.2, -0.15) is 0 Å². The van der Waals surface area contributed by atoms with E-state index in [-0.39, 0.29) is 11.8 Å². The zero-order valence-electron chi connectivity index (χ0n) is 9.09. The van der Waals surface area contributed by atoms with Crippen LogP contribution in [0.25, 0.3) is 0 Å². The summed E-state index contributed by atoms with van der Waals surface area (Å²) in [6.45, 7) is 4.37. The molecule has 0 fully saturated rings. The minimum atomic E-state index is -0.173. The second kappa shape index (κ2) is 5.76. The normalized spacial score (nSPS) is 10.4. The molecular formula is C12H16ClNO. The Morgan fingerprint density at radius 3 is 2.40 bits per heavy atom. The van der Waals surface area contributed by atoms with E-state index in [1.807, 2.05) is 24.3 Å². The number of rotatable bonds is 4. The monoisotopic (exact) mass is 225 g/mol. The Bertz CT molecular complexity index is 319. The van der Waals surface area contributed by atoms with Gasteiger partial charge in [0.2, 0.25) is 5.91 Å². The number of anilines is 1. The first-order valence-electron chi connectivity index (χ1n) is 5.06. The number of carbonyl (C=O) groups excluding carboxylic acids is 1. The third-order valence-corrected chi connectivity index (χ3v) is 2.25. The first-order valence-corrected chi connectivity index (χ1v) is 5.60. The first-order chi connectivity index (χ1) is 7.11. The summed E-state index contributed by atoms with van der Waals surface area (Å²) < 4.78 is 0. The number of hydrogen-bond donors (Lipinski definition) is 1. The molecule has 15 heavy (non-hydrogen) atoms. The standard InChI is InChI=1S/C12H16ClNO/c1-9(2)7-10-3-5-11(6-4-10)14-12(15)8-13/h3-6,9H,7-8H2,1-2H3,(H,14,15). The van der Waals surface area contributed by atoms with Crippen LogP contribution in [0.3, 0.4) is 0 Å². The maximum atomic E-state index is 11.0. The number of alkyl halides is 1.